The average molecular weight is 377 g/mol. The normalized spacial score (nSPS) is 12.5. The lowest BCUT2D eigenvalue weighted by Crippen LogP contribution is -2.33. The van der Waals surface area contributed by atoms with Gasteiger partial charge in [0.05, 0.1) is 29.6 Å². The van der Waals surface area contributed by atoms with Crippen LogP contribution in [0.25, 0.3) is 16.7 Å². The van der Waals surface area contributed by atoms with Gasteiger partial charge in [-0.05, 0) is 26.0 Å². The zero-order valence-electron chi connectivity index (χ0n) is 14.2. The molecule has 9 heteroatoms. The minimum Gasteiger partial charge on any atom is -0.478 e. The van der Waals surface area contributed by atoms with E-state index in [1.165, 1.54) is 12.5 Å². The Morgan fingerprint density at radius 2 is 2.08 bits per heavy atom. The van der Waals surface area contributed by atoms with Gasteiger partial charge in [0, 0.05) is 0 Å². The Labute approximate surface area is 154 Å². The van der Waals surface area contributed by atoms with E-state index in [9.17, 15) is 9.90 Å². The fraction of sp³-hybridized carbons (Fsp3) is 0.294. The van der Waals surface area contributed by atoms with Crippen LogP contribution < -0.4 is 4.74 Å². The van der Waals surface area contributed by atoms with Crippen LogP contribution in [0.4, 0.5) is 0 Å². The van der Waals surface area contributed by atoms with Gasteiger partial charge in [-0.15, -0.1) is 0 Å². The maximum Gasteiger partial charge on any atom is 0.347 e. The molecule has 2 aromatic heterocycles. The maximum absolute atomic E-state index is 11.4. The van der Waals surface area contributed by atoms with Crippen molar-refractivity contribution in [2.45, 2.75) is 26.1 Å². The first-order chi connectivity index (χ1) is 12.5. The summed E-state index contributed by atoms with van der Waals surface area (Å²) in [5.74, 6) is -1.02. The van der Waals surface area contributed by atoms with Gasteiger partial charge in [-0.25, -0.2) is 19.4 Å². The molecule has 0 saturated carbocycles. The summed E-state index contributed by atoms with van der Waals surface area (Å²) in [5.41, 5.74) is 1.10. The topological polar surface area (TPSA) is 99.4 Å². The van der Waals surface area contributed by atoms with Crippen molar-refractivity contribution in [2.75, 3.05) is 6.61 Å². The second-order valence-corrected chi connectivity index (χ2v) is 6.16. The molecule has 0 bridgehead atoms. The number of para-hydroxylation sites is 1. The van der Waals surface area contributed by atoms with Crippen LogP contribution in [0.3, 0.4) is 0 Å². The van der Waals surface area contributed by atoms with Crippen molar-refractivity contribution in [3.8, 4) is 11.6 Å². The smallest absolute Gasteiger partial charge is 0.347 e. The molecule has 8 nitrogen and oxygen atoms in total. The molecule has 0 spiro atoms. The number of hydrogen-bond donors (Lipinski definition) is 1. The molecule has 0 aliphatic carbocycles. The van der Waals surface area contributed by atoms with Crippen molar-refractivity contribution in [1.82, 2.24) is 19.7 Å². The number of halogens is 1. The van der Waals surface area contributed by atoms with E-state index in [0.717, 1.165) is 0 Å². The Balaban J connectivity index is 1.95. The number of hydrogen-bond acceptors (Lipinski definition) is 6. The Morgan fingerprint density at radius 3 is 2.77 bits per heavy atom. The monoisotopic (exact) mass is 376 g/mol. The zero-order valence-corrected chi connectivity index (χ0v) is 14.9. The first kappa shape index (κ1) is 18.1. The lowest BCUT2D eigenvalue weighted by molar-refractivity contribution is -0.148. The van der Waals surface area contributed by atoms with E-state index in [1.807, 2.05) is 26.0 Å². The van der Waals surface area contributed by atoms with Gasteiger partial charge in [0.25, 0.3) is 0 Å². The SMILES string of the molecule is CC(C)OC[C@H](Oc1ncnc2c1cnn2-c1ccccc1Cl)C(=O)O. The predicted octanol–water partition coefficient (Wildman–Crippen LogP) is 2.73. The van der Waals surface area contributed by atoms with Crippen LogP contribution in [0.2, 0.25) is 5.02 Å². The molecular weight excluding hydrogens is 360 g/mol. The van der Waals surface area contributed by atoms with Gasteiger partial charge < -0.3 is 14.6 Å². The number of fused-ring (bicyclic) bond motifs is 1. The molecule has 0 unspecified atom stereocenters. The summed E-state index contributed by atoms with van der Waals surface area (Å²) < 4.78 is 12.5. The van der Waals surface area contributed by atoms with Gasteiger partial charge in [-0.3, -0.25) is 0 Å². The van der Waals surface area contributed by atoms with Crippen molar-refractivity contribution in [2.24, 2.45) is 0 Å². The third-order valence-corrected chi connectivity index (χ3v) is 3.84. The van der Waals surface area contributed by atoms with Crippen LogP contribution in [-0.2, 0) is 9.53 Å². The summed E-state index contributed by atoms with van der Waals surface area (Å²) in [6.45, 7) is 3.53. The Bertz CT molecular complexity index is 928. The second-order valence-electron chi connectivity index (χ2n) is 5.75. The summed E-state index contributed by atoms with van der Waals surface area (Å²) in [6, 6.07) is 7.19. The van der Waals surface area contributed by atoms with Crippen LogP contribution in [0.1, 0.15) is 13.8 Å². The molecule has 1 aromatic carbocycles. The molecule has 1 N–H and O–H groups in total. The van der Waals surface area contributed by atoms with Crippen molar-refractivity contribution in [1.29, 1.82) is 0 Å². The van der Waals surface area contributed by atoms with E-state index in [-0.39, 0.29) is 18.6 Å². The summed E-state index contributed by atoms with van der Waals surface area (Å²) in [5, 5.41) is 14.6. The molecule has 26 heavy (non-hydrogen) atoms. The molecule has 0 saturated heterocycles. The fourth-order valence-corrected chi connectivity index (χ4v) is 2.50. The average Bonchev–Trinajstić information content (AvgIpc) is 3.03. The quantitative estimate of drug-likeness (QED) is 0.676. The summed E-state index contributed by atoms with van der Waals surface area (Å²) >= 11 is 6.22. The zero-order chi connectivity index (χ0) is 18.7. The largest absolute Gasteiger partial charge is 0.478 e. The predicted molar refractivity (Wildman–Crippen MR) is 94.8 cm³/mol. The standard InChI is InChI=1S/C17H17ClN4O4/c1-10(2)25-8-14(17(23)24)26-16-11-7-21-22(15(11)19-9-20-16)13-6-4-3-5-12(13)18/h3-7,9-10,14H,8H2,1-2H3,(H,23,24)/t14-/m0/s1. The second kappa shape index (κ2) is 7.67. The highest BCUT2D eigenvalue weighted by Gasteiger charge is 2.23. The van der Waals surface area contributed by atoms with Gasteiger partial charge in [0.2, 0.25) is 12.0 Å². The Morgan fingerprint density at radius 1 is 1.31 bits per heavy atom. The first-order valence-electron chi connectivity index (χ1n) is 7.92. The van der Waals surface area contributed by atoms with Gasteiger partial charge in [0.15, 0.2) is 5.65 Å². The highest BCUT2D eigenvalue weighted by atomic mass is 35.5. The molecule has 0 aliphatic heterocycles. The molecule has 0 radical (unpaired) electrons. The summed E-state index contributed by atoms with van der Waals surface area (Å²) in [7, 11) is 0. The first-order valence-corrected chi connectivity index (χ1v) is 8.30. The van der Waals surface area contributed by atoms with Gasteiger partial charge >= 0.3 is 5.97 Å². The Hall–Kier alpha value is -2.71. The van der Waals surface area contributed by atoms with Crippen molar-refractivity contribution in [3.63, 3.8) is 0 Å². The Kier molecular flexibility index (Phi) is 5.34. The molecule has 2 heterocycles. The van der Waals surface area contributed by atoms with Crippen LogP contribution in [0.5, 0.6) is 5.88 Å². The molecule has 0 aliphatic rings. The number of carbonyl (C=O) groups is 1. The minimum atomic E-state index is -1.20. The van der Waals surface area contributed by atoms with Crippen LogP contribution >= 0.6 is 11.6 Å². The van der Waals surface area contributed by atoms with Gasteiger partial charge in [-0.1, -0.05) is 23.7 Å². The van der Waals surface area contributed by atoms with Crippen molar-refractivity contribution in [3.05, 3.63) is 41.8 Å². The van der Waals surface area contributed by atoms with Gasteiger partial charge in [0.1, 0.15) is 11.7 Å². The van der Waals surface area contributed by atoms with E-state index in [4.69, 9.17) is 21.1 Å². The number of rotatable bonds is 7. The molecule has 1 atom stereocenters. The van der Waals surface area contributed by atoms with Crippen LogP contribution in [0.15, 0.2) is 36.8 Å². The fourth-order valence-electron chi connectivity index (χ4n) is 2.29. The third-order valence-electron chi connectivity index (χ3n) is 3.52. The minimum absolute atomic E-state index is 0.100. The molecule has 136 valence electrons. The third kappa shape index (κ3) is 3.76. The van der Waals surface area contributed by atoms with Crippen molar-refractivity contribution < 1.29 is 19.4 Å². The van der Waals surface area contributed by atoms with E-state index < -0.39 is 12.1 Å². The molecule has 0 fully saturated rings. The van der Waals surface area contributed by atoms with E-state index in [0.29, 0.717) is 21.7 Å². The number of ether oxygens (including phenoxy) is 2. The molecule has 3 aromatic rings. The van der Waals surface area contributed by atoms with E-state index in [2.05, 4.69) is 15.1 Å². The van der Waals surface area contributed by atoms with Crippen molar-refractivity contribution >= 4 is 28.6 Å². The maximum atomic E-state index is 11.4. The number of benzene rings is 1. The number of carboxylic acids is 1. The highest BCUT2D eigenvalue weighted by Crippen LogP contribution is 2.27. The summed E-state index contributed by atoms with van der Waals surface area (Å²) in [6.07, 6.45) is 1.48. The number of aliphatic carboxylic acids is 1. The number of aromatic nitrogens is 4. The molecular formula is C17H17ClN4O4. The van der Waals surface area contributed by atoms with E-state index >= 15 is 0 Å². The highest BCUT2D eigenvalue weighted by molar-refractivity contribution is 6.32. The summed E-state index contributed by atoms with van der Waals surface area (Å²) in [4.78, 5) is 19.7. The van der Waals surface area contributed by atoms with E-state index in [1.54, 1.807) is 16.8 Å². The number of nitrogens with zero attached hydrogens (tertiary/aromatic N) is 4. The molecule has 3 rings (SSSR count). The number of carboxylic acid groups (broad SMARTS) is 1. The lowest BCUT2D eigenvalue weighted by atomic mass is 10.3. The van der Waals surface area contributed by atoms with Crippen LogP contribution in [-0.4, -0.2) is 49.6 Å². The molecule has 0 amide bonds. The van der Waals surface area contributed by atoms with Crippen LogP contribution in [0, 0.1) is 0 Å². The van der Waals surface area contributed by atoms with Gasteiger partial charge in [-0.2, -0.15) is 5.10 Å². The lowest BCUT2D eigenvalue weighted by Gasteiger charge is -2.16.